The molecule has 0 N–H and O–H groups in total. The summed E-state index contributed by atoms with van der Waals surface area (Å²) in [5.74, 6) is 1.88. The van der Waals surface area contributed by atoms with E-state index in [1.54, 1.807) is 0 Å². The second-order valence-electron chi connectivity index (χ2n) is 12.8. The molecule has 2 heterocycles. The Morgan fingerprint density at radius 2 is 0.863 bits per heavy atom. The van der Waals surface area contributed by atoms with Crippen LogP contribution in [0.2, 0.25) is 0 Å². The van der Waals surface area contributed by atoms with Gasteiger partial charge in [0.25, 0.3) is 0 Å². The lowest BCUT2D eigenvalue weighted by molar-refractivity contribution is 0.669. The number of para-hydroxylation sites is 1. The Bertz CT molecular complexity index is 2920. The molecule has 10 rings (SSSR count). The SMILES string of the molecule is c1ccc(-c2nc(-c3ccc(-c4ccc5ccccc5c4)cc3)nc(-c3cccc4ccccc34)n2)c(-c2ccc3oc4ccccc4c3c2)c1. The largest absolute Gasteiger partial charge is 0.456 e. The van der Waals surface area contributed by atoms with Crippen LogP contribution in [0.25, 0.3) is 99.9 Å². The zero-order chi connectivity index (χ0) is 33.7. The van der Waals surface area contributed by atoms with Gasteiger partial charge < -0.3 is 4.42 Å². The van der Waals surface area contributed by atoms with E-state index in [0.29, 0.717) is 17.5 Å². The molecule has 0 amide bonds. The average Bonchev–Trinajstić information content (AvgIpc) is 3.58. The molecule has 0 aliphatic heterocycles. The van der Waals surface area contributed by atoms with Crippen LogP contribution in [-0.4, -0.2) is 15.0 Å². The number of benzene rings is 8. The summed E-state index contributed by atoms with van der Waals surface area (Å²) in [4.78, 5) is 15.5. The molecule has 4 heteroatoms. The van der Waals surface area contributed by atoms with Crippen LogP contribution in [0.3, 0.4) is 0 Å². The Morgan fingerprint density at radius 3 is 1.73 bits per heavy atom. The minimum Gasteiger partial charge on any atom is -0.456 e. The number of hydrogen-bond donors (Lipinski definition) is 0. The first-order valence-corrected chi connectivity index (χ1v) is 17.1. The summed E-state index contributed by atoms with van der Waals surface area (Å²) in [6.45, 7) is 0. The summed E-state index contributed by atoms with van der Waals surface area (Å²) in [7, 11) is 0. The van der Waals surface area contributed by atoms with Gasteiger partial charge in [-0.05, 0) is 68.1 Å². The fourth-order valence-corrected chi connectivity index (χ4v) is 7.17. The number of rotatable bonds is 5. The summed E-state index contributed by atoms with van der Waals surface area (Å²) in [5.41, 5.74) is 8.99. The number of nitrogens with zero attached hydrogens (tertiary/aromatic N) is 3. The lowest BCUT2D eigenvalue weighted by Gasteiger charge is -2.13. The zero-order valence-corrected chi connectivity index (χ0v) is 27.5. The molecule has 0 radical (unpaired) electrons. The van der Waals surface area contributed by atoms with Crippen molar-refractivity contribution in [2.24, 2.45) is 0 Å². The van der Waals surface area contributed by atoms with E-state index in [1.807, 2.05) is 24.3 Å². The molecule has 0 aliphatic carbocycles. The van der Waals surface area contributed by atoms with Crippen LogP contribution < -0.4 is 0 Å². The lowest BCUT2D eigenvalue weighted by Crippen LogP contribution is -2.01. The van der Waals surface area contributed by atoms with Crippen LogP contribution in [0.5, 0.6) is 0 Å². The first-order valence-electron chi connectivity index (χ1n) is 17.1. The van der Waals surface area contributed by atoms with Crippen LogP contribution in [0, 0.1) is 0 Å². The van der Waals surface area contributed by atoms with Gasteiger partial charge in [-0.15, -0.1) is 0 Å². The highest BCUT2D eigenvalue weighted by Gasteiger charge is 2.18. The van der Waals surface area contributed by atoms with Crippen LogP contribution in [0.15, 0.2) is 180 Å². The minimum atomic E-state index is 0.620. The number of fused-ring (bicyclic) bond motifs is 5. The van der Waals surface area contributed by atoms with Gasteiger partial charge in [0, 0.05) is 27.5 Å². The van der Waals surface area contributed by atoms with E-state index < -0.39 is 0 Å². The Kier molecular flexibility index (Phi) is 6.78. The van der Waals surface area contributed by atoms with Gasteiger partial charge in [-0.2, -0.15) is 0 Å². The van der Waals surface area contributed by atoms with E-state index in [0.717, 1.165) is 66.1 Å². The fraction of sp³-hybridized carbons (Fsp3) is 0. The molecule has 0 saturated heterocycles. The first kappa shape index (κ1) is 29.0. The van der Waals surface area contributed by atoms with Crippen LogP contribution >= 0.6 is 0 Å². The van der Waals surface area contributed by atoms with Crippen LogP contribution in [0.1, 0.15) is 0 Å². The molecular weight excluding hydrogens is 623 g/mol. The van der Waals surface area contributed by atoms with E-state index in [9.17, 15) is 0 Å². The van der Waals surface area contributed by atoms with Gasteiger partial charge in [0.15, 0.2) is 17.5 Å². The highest BCUT2D eigenvalue weighted by molar-refractivity contribution is 6.06. The third kappa shape index (κ3) is 5.13. The fourth-order valence-electron chi connectivity index (χ4n) is 7.17. The number of aromatic nitrogens is 3. The molecule has 4 nitrogen and oxygen atoms in total. The summed E-state index contributed by atoms with van der Waals surface area (Å²) < 4.78 is 6.15. The maximum absolute atomic E-state index is 6.15. The molecule has 0 unspecified atom stereocenters. The van der Waals surface area contributed by atoms with E-state index in [4.69, 9.17) is 19.4 Å². The zero-order valence-electron chi connectivity index (χ0n) is 27.5. The second kappa shape index (κ2) is 11.9. The third-order valence-corrected chi connectivity index (χ3v) is 9.75. The van der Waals surface area contributed by atoms with Crippen molar-refractivity contribution in [3.05, 3.63) is 176 Å². The topological polar surface area (TPSA) is 51.8 Å². The van der Waals surface area contributed by atoms with Gasteiger partial charge in [-0.25, -0.2) is 15.0 Å². The Labute approximate surface area is 294 Å². The quantitative estimate of drug-likeness (QED) is 0.186. The van der Waals surface area contributed by atoms with Crippen molar-refractivity contribution in [2.75, 3.05) is 0 Å². The van der Waals surface area contributed by atoms with Crippen molar-refractivity contribution >= 4 is 43.5 Å². The van der Waals surface area contributed by atoms with E-state index in [1.165, 1.54) is 16.3 Å². The lowest BCUT2D eigenvalue weighted by atomic mass is 9.97. The maximum atomic E-state index is 6.15. The van der Waals surface area contributed by atoms with Gasteiger partial charge in [0.1, 0.15) is 11.2 Å². The molecule has 0 spiro atoms. The minimum absolute atomic E-state index is 0.620. The standard InChI is InChI=1S/C47H29N3O/c1-2-12-34-28-35(25-22-30(34)10-1)31-20-23-33(24-21-31)45-48-46(50-47(49-45)41-18-9-13-32-11-3-4-14-37(32)41)40-17-6-5-15-38(40)36-26-27-44-42(29-36)39-16-7-8-19-43(39)51-44/h1-29H. The Morgan fingerprint density at radius 1 is 0.294 bits per heavy atom. The number of furan rings is 1. The van der Waals surface area contributed by atoms with E-state index in [2.05, 4.69) is 152 Å². The highest BCUT2D eigenvalue weighted by atomic mass is 16.3. The molecule has 8 aromatic carbocycles. The Hall–Kier alpha value is -6.91. The van der Waals surface area contributed by atoms with Gasteiger partial charge in [0.05, 0.1) is 0 Å². The van der Waals surface area contributed by atoms with Gasteiger partial charge in [-0.1, -0.05) is 152 Å². The molecule has 10 aromatic rings. The van der Waals surface area contributed by atoms with Crippen LogP contribution in [0.4, 0.5) is 0 Å². The summed E-state index contributed by atoms with van der Waals surface area (Å²) in [5, 5.41) is 6.87. The normalized spacial score (nSPS) is 11.5. The molecule has 0 bridgehead atoms. The predicted octanol–water partition coefficient (Wildman–Crippen LogP) is 12.4. The molecule has 0 saturated carbocycles. The molecule has 0 atom stereocenters. The smallest absolute Gasteiger partial charge is 0.164 e. The van der Waals surface area contributed by atoms with E-state index >= 15 is 0 Å². The summed E-state index contributed by atoms with van der Waals surface area (Å²) >= 11 is 0. The molecular formula is C47H29N3O. The molecule has 0 aliphatic rings. The molecule has 51 heavy (non-hydrogen) atoms. The first-order chi connectivity index (χ1) is 25.2. The molecule has 2 aromatic heterocycles. The highest BCUT2D eigenvalue weighted by Crippen LogP contribution is 2.37. The predicted molar refractivity (Wildman–Crippen MR) is 209 cm³/mol. The van der Waals surface area contributed by atoms with Crippen molar-refractivity contribution < 1.29 is 4.42 Å². The van der Waals surface area contributed by atoms with Crippen molar-refractivity contribution in [3.8, 4) is 56.4 Å². The summed E-state index contributed by atoms with van der Waals surface area (Å²) in [6.07, 6.45) is 0. The van der Waals surface area contributed by atoms with Gasteiger partial charge >= 0.3 is 0 Å². The van der Waals surface area contributed by atoms with E-state index in [-0.39, 0.29) is 0 Å². The monoisotopic (exact) mass is 651 g/mol. The summed E-state index contributed by atoms with van der Waals surface area (Å²) in [6, 6.07) is 61.1. The third-order valence-electron chi connectivity index (χ3n) is 9.75. The average molecular weight is 652 g/mol. The van der Waals surface area contributed by atoms with Gasteiger partial charge in [-0.3, -0.25) is 0 Å². The Balaban J connectivity index is 1.13. The van der Waals surface area contributed by atoms with Crippen molar-refractivity contribution in [1.82, 2.24) is 15.0 Å². The van der Waals surface area contributed by atoms with Crippen molar-refractivity contribution in [2.45, 2.75) is 0 Å². The second-order valence-corrected chi connectivity index (χ2v) is 12.8. The van der Waals surface area contributed by atoms with Crippen molar-refractivity contribution in [1.29, 1.82) is 0 Å². The number of hydrogen-bond acceptors (Lipinski definition) is 4. The van der Waals surface area contributed by atoms with Crippen LogP contribution in [-0.2, 0) is 0 Å². The molecule has 238 valence electrons. The molecule has 0 fully saturated rings. The van der Waals surface area contributed by atoms with Gasteiger partial charge in [0.2, 0.25) is 0 Å². The maximum Gasteiger partial charge on any atom is 0.164 e. The van der Waals surface area contributed by atoms with Crippen molar-refractivity contribution in [3.63, 3.8) is 0 Å².